The van der Waals surface area contributed by atoms with E-state index in [0.29, 0.717) is 6.04 Å². The quantitative estimate of drug-likeness (QED) is 0.757. The summed E-state index contributed by atoms with van der Waals surface area (Å²) in [6.07, 6.45) is 12.8. The Bertz CT molecular complexity index is 386. The van der Waals surface area contributed by atoms with Gasteiger partial charge in [-0.3, -0.25) is 0 Å². The summed E-state index contributed by atoms with van der Waals surface area (Å²) in [7, 11) is 0. The van der Waals surface area contributed by atoms with E-state index in [2.05, 4.69) is 4.68 Å². The fourth-order valence-electron chi connectivity index (χ4n) is 3.38. The Balaban J connectivity index is 1.88. The zero-order valence-electron chi connectivity index (χ0n) is 10.6. The molecule has 1 fully saturated rings. The van der Waals surface area contributed by atoms with Gasteiger partial charge in [-0.05, 0) is 38.5 Å². The maximum absolute atomic E-state index is 6.31. The molecule has 0 bridgehead atoms. The van der Waals surface area contributed by atoms with E-state index in [1.165, 1.54) is 62.6 Å². The standard InChI is InChI=1S/C14H23N3/c15-14-12-9-5-6-10-13(12)16-17(14)11-7-3-1-2-4-8-11/h11H,1-10,15H2. The maximum atomic E-state index is 6.31. The number of aryl methyl sites for hydroxylation is 1. The molecule has 1 saturated carbocycles. The highest BCUT2D eigenvalue weighted by molar-refractivity contribution is 5.45. The second kappa shape index (κ2) is 4.71. The highest BCUT2D eigenvalue weighted by Crippen LogP contribution is 2.33. The second-order valence-corrected chi connectivity index (χ2v) is 5.61. The summed E-state index contributed by atoms with van der Waals surface area (Å²) in [4.78, 5) is 0. The monoisotopic (exact) mass is 233 g/mol. The van der Waals surface area contributed by atoms with Crippen LogP contribution in [0.4, 0.5) is 5.82 Å². The van der Waals surface area contributed by atoms with Gasteiger partial charge < -0.3 is 5.73 Å². The number of fused-ring (bicyclic) bond motifs is 1. The lowest BCUT2D eigenvalue weighted by Gasteiger charge is -2.16. The van der Waals surface area contributed by atoms with Crippen molar-refractivity contribution >= 4 is 5.82 Å². The highest BCUT2D eigenvalue weighted by atomic mass is 15.3. The van der Waals surface area contributed by atoms with Crippen LogP contribution in [0.3, 0.4) is 0 Å². The van der Waals surface area contributed by atoms with E-state index in [0.717, 1.165) is 18.7 Å². The molecule has 0 spiro atoms. The van der Waals surface area contributed by atoms with Crippen molar-refractivity contribution in [2.75, 3.05) is 5.73 Å². The summed E-state index contributed by atoms with van der Waals surface area (Å²) in [5.74, 6) is 0.978. The van der Waals surface area contributed by atoms with Gasteiger partial charge in [0.15, 0.2) is 0 Å². The van der Waals surface area contributed by atoms with Gasteiger partial charge in [-0.15, -0.1) is 0 Å². The molecule has 0 aromatic carbocycles. The molecule has 2 aliphatic rings. The average molecular weight is 233 g/mol. The molecule has 0 saturated heterocycles. The molecular weight excluding hydrogens is 210 g/mol. The van der Waals surface area contributed by atoms with E-state index in [-0.39, 0.29) is 0 Å². The van der Waals surface area contributed by atoms with Crippen LogP contribution in [-0.2, 0) is 12.8 Å². The zero-order valence-corrected chi connectivity index (χ0v) is 10.6. The van der Waals surface area contributed by atoms with Crippen LogP contribution < -0.4 is 5.73 Å². The smallest absolute Gasteiger partial charge is 0.125 e. The molecule has 3 rings (SSSR count). The Labute approximate surface area is 103 Å². The Morgan fingerprint density at radius 2 is 1.65 bits per heavy atom. The number of aromatic nitrogens is 2. The van der Waals surface area contributed by atoms with Gasteiger partial charge in [-0.1, -0.05) is 25.7 Å². The van der Waals surface area contributed by atoms with Crippen LogP contribution in [0.25, 0.3) is 0 Å². The first-order valence-corrected chi connectivity index (χ1v) is 7.22. The molecule has 0 radical (unpaired) electrons. The molecule has 94 valence electrons. The lowest BCUT2D eigenvalue weighted by Crippen LogP contribution is -2.13. The van der Waals surface area contributed by atoms with Crippen molar-refractivity contribution in [1.29, 1.82) is 0 Å². The number of nitrogens with two attached hydrogens (primary N) is 1. The Hall–Kier alpha value is -0.990. The summed E-state index contributed by atoms with van der Waals surface area (Å²) in [6, 6.07) is 0.572. The molecule has 1 heterocycles. The fraction of sp³-hybridized carbons (Fsp3) is 0.786. The molecule has 0 amide bonds. The molecule has 1 aromatic rings. The van der Waals surface area contributed by atoms with Crippen molar-refractivity contribution in [2.24, 2.45) is 0 Å². The number of hydrogen-bond donors (Lipinski definition) is 1. The predicted octanol–water partition coefficient (Wildman–Crippen LogP) is 3.24. The van der Waals surface area contributed by atoms with Crippen LogP contribution in [0.5, 0.6) is 0 Å². The first-order valence-electron chi connectivity index (χ1n) is 7.22. The van der Waals surface area contributed by atoms with Crippen molar-refractivity contribution in [3.05, 3.63) is 11.3 Å². The van der Waals surface area contributed by atoms with Crippen LogP contribution in [-0.4, -0.2) is 9.78 Å². The number of nitrogen functional groups attached to an aromatic ring is 1. The average Bonchev–Trinajstić information content (AvgIpc) is 2.57. The minimum absolute atomic E-state index is 0.572. The van der Waals surface area contributed by atoms with Crippen molar-refractivity contribution < 1.29 is 0 Å². The Kier molecular flexibility index (Phi) is 3.08. The lowest BCUT2D eigenvalue weighted by molar-refractivity contribution is 0.408. The molecule has 0 unspecified atom stereocenters. The third kappa shape index (κ3) is 2.07. The van der Waals surface area contributed by atoms with Gasteiger partial charge in [0.1, 0.15) is 5.82 Å². The van der Waals surface area contributed by atoms with Crippen molar-refractivity contribution in [1.82, 2.24) is 9.78 Å². The minimum Gasteiger partial charge on any atom is -0.384 e. The summed E-state index contributed by atoms with van der Waals surface area (Å²) in [5, 5.41) is 4.81. The van der Waals surface area contributed by atoms with Gasteiger partial charge >= 0.3 is 0 Å². The zero-order chi connectivity index (χ0) is 11.7. The molecule has 2 N–H and O–H groups in total. The van der Waals surface area contributed by atoms with Crippen molar-refractivity contribution in [3.63, 3.8) is 0 Å². The number of hydrogen-bond acceptors (Lipinski definition) is 2. The summed E-state index contributed by atoms with van der Waals surface area (Å²) >= 11 is 0. The minimum atomic E-state index is 0.572. The maximum Gasteiger partial charge on any atom is 0.125 e. The SMILES string of the molecule is Nc1c2c(nn1C1CCCCCC1)CCCC2. The summed E-state index contributed by atoms with van der Waals surface area (Å²) in [5.41, 5.74) is 8.96. The Morgan fingerprint density at radius 1 is 0.941 bits per heavy atom. The van der Waals surface area contributed by atoms with Gasteiger partial charge in [-0.25, -0.2) is 4.68 Å². The molecule has 17 heavy (non-hydrogen) atoms. The number of nitrogens with zero attached hydrogens (tertiary/aromatic N) is 2. The number of rotatable bonds is 1. The van der Waals surface area contributed by atoms with Crippen LogP contribution >= 0.6 is 0 Å². The molecule has 3 heteroatoms. The Morgan fingerprint density at radius 3 is 2.35 bits per heavy atom. The first kappa shape index (κ1) is 11.1. The van der Waals surface area contributed by atoms with Crippen molar-refractivity contribution in [2.45, 2.75) is 70.3 Å². The summed E-state index contributed by atoms with van der Waals surface area (Å²) < 4.78 is 2.17. The predicted molar refractivity (Wildman–Crippen MR) is 70.0 cm³/mol. The second-order valence-electron chi connectivity index (χ2n) is 5.61. The van der Waals surface area contributed by atoms with E-state index in [4.69, 9.17) is 10.8 Å². The first-order chi connectivity index (χ1) is 8.36. The van der Waals surface area contributed by atoms with Crippen molar-refractivity contribution in [3.8, 4) is 0 Å². The molecule has 0 atom stereocenters. The fourth-order valence-corrected chi connectivity index (χ4v) is 3.38. The highest BCUT2D eigenvalue weighted by Gasteiger charge is 2.23. The van der Waals surface area contributed by atoms with Crippen LogP contribution in [0.15, 0.2) is 0 Å². The topological polar surface area (TPSA) is 43.8 Å². The van der Waals surface area contributed by atoms with E-state index >= 15 is 0 Å². The molecule has 0 aliphatic heterocycles. The largest absolute Gasteiger partial charge is 0.384 e. The molecule has 1 aromatic heterocycles. The van der Waals surface area contributed by atoms with Gasteiger partial charge in [0.05, 0.1) is 11.7 Å². The van der Waals surface area contributed by atoms with E-state index < -0.39 is 0 Å². The third-order valence-corrected chi connectivity index (χ3v) is 4.39. The van der Waals surface area contributed by atoms with Crippen LogP contribution in [0, 0.1) is 0 Å². The van der Waals surface area contributed by atoms with Crippen LogP contribution in [0.2, 0.25) is 0 Å². The van der Waals surface area contributed by atoms with E-state index in [1.807, 2.05) is 0 Å². The van der Waals surface area contributed by atoms with Crippen LogP contribution in [0.1, 0.15) is 68.7 Å². The van der Waals surface area contributed by atoms with E-state index in [1.54, 1.807) is 0 Å². The van der Waals surface area contributed by atoms with Gasteiger partial charge in [0.25, 0.3) is 0 Å². The van der Waals surface area contributed by atoms with E-state index in [9.17, 15) is 0 Å². The lowest BCUT2D eigenvalue weighted by atomic mass is 9.97. The number of anilines is 1. The normalized spacial score (nSPS) is 22.1. The van der Waals surface area contributed by atoms with Gasteiger partial charge in [0, 0.05) is 5.56 Å². The summed E-state index contributed by atoms with van der Waals surface area (Å²) in [6.45, 7) is 0. The molecular formula is C14H23N3. The third-order valence-electron chi connectivity index (χ3n) is 4.39. The molecule has 2 aliphatic carbocycles. The van der Waals surface area contributed by atoms with Gasteiger partial charge in [-0.2, -0.15) is 5.10 Å². The van der Waals surface area contributed by atoms with Gasteiger partial charge in [0.2, 0.25) is 0 Å². The molecule has 3 nitrogen and oxygen atoms in total.